The van der Waals surface area contributed by atoms with Crippen molar-refractivity contribution in [3.63, 3.8) is 0 Å². The smallest absolute Gasteiger partial charge is 0.0468 e. The third-order valence-corrected chi connectivity index (χ3v) is 13.1. The fourth-order valence-electron chi connectivity index (χ4n) is 10.3. The summed E-state index contributed by atoms with van der Waals surface area (Å²) < 4.78 is 0. The summed E-state index contributed by atoms with van der Waals surface area (Å²) in [6.07, 6.45) is 0. The Balaban J connectivity index is 1.19. The van der Waals surface area contributed by atoms with Crippen LogP contribution in [0.4, 0.5) is 34.1 Å². The summed E-state index contributed by atoms with van der Waals surface area (Å²) in [5, 5.41) is 15.0. The van der Waals surface area contributed by atoms with Gasteiger partial charge in [0.2, 0.25) is 0 Å². The molecule has 0 aliphatic rings. The number of nitrogens with zero attached hydrogens (tertiary/aromatic N) is 2. The zero-order valence-electron chi connectivity index (χ0n) is 37.5. The molecule has 2 heteroatoms. The van der Waals surface area contributed by atoms with Crippen molar-refractivity contribution in [1.29, 1.82) is 0 Å². The molecule has 0 spiro atoms. The van der Waals surface area contributed by atoms with E-state index in [1.165, 1.54) is 75.8 Å². The molecule has 0 radical (unpaired) electrons. The summed E-state index contributed by atoms with van der Waals surface area (Å²) in [6, 6.07) is 76.5. The lowest BCUT2D eigenvalue weighted by Gasteiger charge is -2.33. The standard InChI is InChI=1S/C62H52N2/c1-61(2,3)59-55-33-31-53(63(49-27-23-41-15-7-11-19-45(41)35-49)50-28-24-42-16-8-12-20-46(42)36-50)39-57(55)60(62(4,5)6)58-40-54(32-34-56(58)59)64(51-29-25-43-17-9-13-21-47(43)37-51)52-30-26-44-18-10-14-22-48(44)38-52/h7-40H,1-6H3. The van der Waals surface area contributed by atoms with E-state index in [1.54, 1.807) is 0 Å². The number of hydrogen-bond acceptors (Lipinski definition) is 2. The minimum atomic E-state index is -0.197. The molecule has 0 atom stereocenters. The van der Waals surface area contributed by atoms with E-state index in [0.717, 1.165) is 34.1 Å². The van der Waals surface area contributed by atoms with Crippen molar-refractivity contribution in [1.82, 2.24) is 0 Å². The van der Waals surface area contributed by atoms with Gasteiger partial charge in [-0.1, -0.05) is 175 Å². The van der Waals surface area contributed by atoms with Crippen LogP contribution in [-0.2, 0) is 10.8 Å². The van der Waals surface area contributed by atoms with Gasteiger partial charge >= 0.3 is 0 Å². The van der Waals surface area contributed by atoms with Gasteiger partial charge in [0, 0.05) is 34.1 Å². The van der Waals surface area contributed by atoms with E-state index in [1.807, 2.05) is 0 Å². The minimum Gasteiger partial charge on any atom is -0.310 e. The van der Waals surface area contributed by atoms with Crippen molar-refractivity contribution in [3.05, 3.63) is 217 Å². The van der Waals surface area contributed by atoms with Gasteiger partial charge in [-0.15, -0.1) is 0 Å². The molecule has 0 saturated carbocycles. The van der Waals surface area contributed by atoms with Gasteiger partial charge in [-0.3, -0.25) is 0 Å². The molecule has 0 N–H and O–H groups in total. The molecule has 11 rings (SSSR count). The molecular formula is C62H52N2. The van der Waals surface area contributed by atoms with Crippen LogP contribution in [0.3, 0.4) is 0 Å². The first-order chi connectivity index (χ1) is 31.0. The van der Waals surface area contributed by atoms with E-state index in [9.17, 15) is 0 Å². The Morgan fingerprint density at radius 3 is 0.750 bits per heavy atom. The van der Waals surface area contributed by atoms with Crippen LogP contribution >= 0.6 is 0 Å². The first-order valence-corrected chi connectivity index (χ1v) is 22.6. The Bertz CT molecular complexity index is 3220. The summed E-state index contributed by atoms with van der Waals surface area (Å²) in [4.78, 5) is 4.90. The van der Waals surface area contributed by atoms with Gasteiger partial charge in [0.1, 0.15) is 0 Å². The van der Waals surface area contributed by atoms with Crippen LogP contribution < -0.4 is 9.80 Å². The average molecular weight is 825 g/mol. The highest BCUT2D eigenvalue weighted by atomic mass is 15.1. The second kappa shape index (κ2) is 15.1. The Hall–Kier alpha value is -7.42. The Morgan fingerprint density at radius 2 is 0.469 bits per heavy atom. The van der Waals surface area contributed by atoms with Gasteiger partial charge in [-0.25, -0.2) is 0 Å². The van der Waals surface area contributed by atoms with E-state index < -0.39 is 0 Å². The van der Waals surface area contributed by atoms with Crippen LogP contribution in [0, 0.1) is 0 Å². The normalized spacial score (nSPS) is 12.2. The summed E-state index contributed by atoms with van der Waals surface area (Å²) in [5.74, 6) is 0. The van der Waals surface area contributed by atoms with E-state index >= 15 is 0 Å². The molecule has 0 heterocycles. The Labute approximate surface area is 376 Å². The molecule has 0 bridgehead atoms. The van der Waals surface area contributed by atoms with Gasteiger partial charge in [0.25, 0.3) is 0 Å². The number of hydrogen-bond donors (Lipinski definition) is 0. The number of rotatable bonds is 6. The van der Waals surface area contributed by atoms with E-state index in [-0.39, 0.29) is 10.8 Å². The van der Waals surface area contributed by atoms with Gasteiger partial charge in [-0.05, 0) is 159 Å². The quantitative estimate of drug-likeness (QED) is 0.154. The molecule has 0 unspecified atom stereocenters. The highest BCUT2D eigenvalue weighted by Crippen LogP contribution is 2.49. The topological polar surface area (TPSA) is 6.48 Å². The largest absolute Gasteiger partial charge is 0.310 e. The molecule has 2 nitrogen and oxygen atoms in total. The maximum atomic E-state index is 2.48. The van der Waals surface area contributed by atoms with E-state index in [0.29, 0.717) is 0 Å². The monoisotopic (exact) mass is 824 g/mol. The van der Waals surface area contributed by atoms with Crippen LogP contribution in [-0.4, -0.2) is 0 Å². The van der Waals surface area contributed by atoms with Crippen molar-refractivity contribution in [2.75, 3.05) is 9.80 Å². The third-order valence-electron chi connectivity index (χ3n) is 13.1. The van der Waals surface area contributed by atoms with Gasteiger partial charge in [0.05, 0.1) is 0 Å². The fraction of sp³-hybridized carbons (Fsp3) is 0.129. The van der Waals surface area contributed by atoms with Crippen LogP contribution in [0.5, 0.6) is 0 Å². The summed E-state index contributed by atoms with van der Waals surface area (Å²) in [7, 11) is 0. The minimum absolute atomic E-state index is 0.136. The summed E-state index contributed by atoms with van der Waals surface area (Å²) in [5.41, 5.74) is 9.17. The van der Waals surface area contributed by atoms with E-state index in [2.05, 4.69) is 258 Å². The molecular weight excluding hydrogens is 773 g/mol. The first-order valence-electron chi connectivity index (χ1n) is 22.6. The molecule has 11 aromatic rings. The lowest BCUT2D eigenvalue weighted by Crippen LogP contribution is -2.18. The molecule has 0 aliphatic carbocycles. The molecule has 0 fully saturated rings. The van der Waals surface area contributed by atoms with Crippen LogP contribution in [0.1, 0.15) is 52.7 Å². The zero-order chi connectivity index (χ0) is 43.7. The third kappa shape index (κ3) is 6.91. The molecule has 11 aromatic carbocycles. The molecule has 0 amide bonds. The van der Waals surface area contributed by atoms with Gasteiger partial charge in [0.15, 0.2) is 0 Å². The second-order valence-electron chi connectivity index (χ2n) is 19.5. The van der Waals surface area contributed by atoms with E-state index in [4.69, 9.17) is 0 Å². The average Bonchev–Trinajstić information content (AvgIpc) is 3.30. The molecule has 0 aliphatic heterocycles. The summed E-state index contributed by atoms with van der Waals surface area (Å²) >= 11 is 0. The van der Waals surface area contributed by atoms with Crippen molar-refractivity contribution in [3.8, 4) is 0 Å². The van der Waals surface area contributed by atoms with Gasteiger partial charge in [-0.2, -0.15) is 0 Å². The Kier molecular flexibility index (Phi) is 9.33. The molecule has 0 aromatic heterocycles. The number of benzene rings is 11. The van der Waals surface area contributed by atoms with Crippen LogP contribution in [0.2, 0.25) is 0 Å². The van der Waals surface area contributed by atoms with Crippen LogP contribution in [0.25, 0.3) is 64.6 Å². The second-order valence-corrected chi connectivity index (χ2v) is 19.5. The first kappa shape index (κ1) is 39.4. The van der Waals surface area contributed by atoms with Crippen molar-refractivity contribution < 1.29 is 0 Å². The lowest BCUT2D eigenvalue weighted by molar-refractivity contribution is 0.593. The molecule has 0 saturated heterocycles. The predicted octanol–water partition coefficient (Wildman–Crippen LogP) is 18.1. The van der Waals surface area contributed by atoms with Crippen molar-refractivity contribution in [2.24, 2.45) is 0 Å². The zero-order valence-corrected chi connectivity index (χ0v) is 37.5. The van der Waals surface area contributed by atoms with Crippen LogP contribution in [0.15, 0.2) is 206 Å². The molecule has 310 valence electrons. The summed E-state index contributed by atoms with van der Waals surface area (Å²) in [6.45, 7) is 14.2. The SMILES string of the molecule is CC(C)(C)c1c2ccc(N(c3ccc4ccccc4c3)c3ccc4ccccc4c3)cc2c(C(C)(C)C)c2cc(N(c3ccc4ccccc4c3)c3ccc4ccccc4c3)ccc12. The lowest BCUT2D eigenvalue weighted by atomic mass is 9.74. The fourth-order valence-corrected chi connectivity index (χ4v) is 10.3. The number of fused-ring (bicyclic) bond motifs is 6. The Morgan fingerprint density at radius 1 is 0.234 bits per heavy atom. The predicted molar refractivity (Wildman–Crippen MR) is 278 cm³/mol. The highest BCUT2D eigenvalue weighted by molar-refractivity contribution is 6.10. The maximum Gasteiger partial charge on any atom is 0.0468 e. The highest BCUT2D eigenvalue weighted by Gasteiger charge is 2.29. The van der Waals surface area contributed by atoms with Crippen molar-refractivity contribution in [2.45, 2.75) is 52.4 Å². The maximum absolute atomic E-state index is 2.48. The molecule has 64 heavy (non-hydrogen) atoms. The van der Waals surface area contributed by atoms with Gasteiger partial charge < -0.3 is 9.80 Å². The van der Waals surface area contributed by atoms with Crippen molar-refractivity contribution >= 4 is 98.8 Å². The number of anilines is 6.